The second-order valence-electron chi connectivity index (χ2n) is 12.1. The maximum absolute atomic E-state index is 5.98. The highest BCUT2D eigenvalue weighted by molar-refractivity contribution is 5.27. The Bertz CT molecular complexity index is 659. The number of nitrogens with zero attached hydrogens (tertiary/aromatic N) is 2. The first kappa shape index (κ1) is 30.0. The predicted molar refractivity (Wildman–Crippen MR) is 145 cm³/mol. The molecule has 0 radical (unpaired) electrons. The van der Waals surface area contributed by atoms with Crippen molar-refractivity contribution in [3.05, 3.63) is 29.8 Å². The molecule has 0 spiro atoms. The Morgan fingerprint density at radius 2 is 1.09 bits per heavy atom. The van der Waals surface area contributed by atoms with E-state index >= 15 is 0 Å². The molecule has 1 heterocycles. The van der Waals surface area contributed by atoms with Crippen molar-refractivity contribution in [3.63, 3.8) is 0 Å². The second-order valence-corrected chi connectivity index (χ2v) is 12.1. The lowest BCUT2D eigenvalue weighted by Gasteiger charge is -2.34. The molecular weight excluding hydrogens is 440 g/mol. The Morgan fingerprint density at radius 3 is 1.60 bits per heavy atom. The molecule has 6 nitrogen and oxygen atoms in total. The lowest BCUT2D eigenvalue weighted by Crippen LogP contribution is -2.48. The van der Waals surface area contributed by atoms with E-state index in [9.17, 15) is 0 Å². The minimum absolute atomic E-state index is 0.312. The summed E-state index contributed by atoms with van der Waals surface area (Å²) < 4.78 is 22.9. The van der Waals surface area contributed by atoms with E-state index in [1.54, 1.807) is 0 Å². The number of piperazine rings is 1. The van der Waals surface area contributed by atoms with E-state index in [0.29, 0.717) is 37.3 Å². The molecule has 0 atom stereocenters. The van der Waals surface area contributed by atoms with Crippen LogP contribution in [-0.2, 0) is 20.6 Å². The van der Waals surface area contributed by atoms with Crippen LogP contribution in [0.15, 0.2) is 24.3 Å². The molecule has 0 amide bonds. The third kappa shape index (κ3) is 15.5. The Balaban J connectivity index is 1.41. The normalized spacial score (nSPS) is 16.1. The van der Waals surface area contributed by atoms with Gasteiger partial charge in [-0.1, -0.05) is 53.7 Å². The maximum Gasteiger partial charge on any atom is 0.119 e. The lowest BCUT2D eigenvalue weighted by molar-refractivity contribution is 0.00450. The highest BCUT2D eigenvalue weighted by atomic mass is 16.5. The van der Waals surface area contributed by atoms with Crippen LogP contribution in [0.4, 0.5) is 0 Å². The fraction of sp³-hybridized carbons (Fsp3) is 0.793. The molecule has 1 aliphatic heterocycles. The zero-order valence-corrected chi connectivity index (χ0v) is 23.4. The summed E-state index contributed by atoms with van der Waals surface area (Å²) in [7, 11) is 0. The van der Waals surface area contributed by atoms with Gasteiger partial charge in [0.15, 0.2) is 0 Å². The summed E-state index contributed by atoms with van der Waals surface area (Å²) in [4.78, 5) is 4.97. The van der Waals surface area contributed by atoms with Crippen LogP contribution in [-0.4, -0.2) is 95.3 Å². The van der Waals surface area contributed by atoms with Crippen molar-refractivity contribution < 1.29 is 18.9 Å². The SMILES string of the molecule is CC(C)(C)CCOCCOCCOCCN1CCN(CCOc2ccc(CC(C)(C)C)cc2)CC1. The van der Waals surface area contributed by atoms with Crippen molar-refractivity contribution in [2.24, 2.45) is 10.8 Å². The first-order valence-electron chi connectivity index (χ1n) is 13.5. The number of ether oxygens (including phenoxy) is 4. The monoisotopic (exact) mass is 492 g/mol. The van der Waals surface area contributed by atoms with E-state index in [1.807, 2.05) is 0 Å². The van der Waals surface area contributed by atoms with E-state index in [-0.39, 0.29) is 0 Å². The molecule has 202 valence electrons. The van der Waals surface area contributed by atoms with Crippen LogP contribution in [0.2, 0.25) is 0 Å². The van der Waals surface area contributed by atoms with Crippen LogP contribution >= 0.6 is 0 Å². The third-order valence-electron chi connectivity index (χ3n) is 6.09. The molecule has 0 bridgehead atoms. The smallest absolute Gasteiger partial charge is 0.119 e. The molecule has 1 saturated heterocycles. The van der Waals surface area contributed by atoms with Crippen molar-refractivity contribution in [3.8, 4) is 5.75 Å². The summed E-state index contributed by atoms with van der Waals surface area (Å²) in [5.41, 5.74) is 2.01. The van der Waals surface area contributed by atoms with Gasteiger partial charge in [-0.05, 0) is 41.4 Å². The largest absolute Gasteiger partial charge is 0.492 e. The molecule has 1 fully saturated rings. The van der Waals surface area contributed by atoms with Crippen LogP contribution in [0.25, 0.3) is 0 Å². The van der Waals surface area contributed by atoms with Gasteiger partial charge >= 0.3 is 0 Å². The Kier molecular flexibility index (Phi) is 13.6. The van der Waals surface area contributed by atoms with E-state index < -0.39 is 0 Å². The van der Waals surface area contributed by atoms with Crippen LogP contribution in [0.1, 0.15) is 53.5 Å². The fourth-order valence-electron chi connectivity index (χ4n) is 3.96. The van der Waals surface area contributed by atoms with E-state index in [0.717, 1.165) is 77.7 Å². The molecular formula is C29H52N2O4. The van der Waals surface area contributed by atoms with Gasteiger partial charge in [0.2, 0.25) is 0 Å². The fourth-order valence-corrected chi connectivity index (χ4v) is 3.96. The quantitative estimate of drug-likeness (QED) is 0.310. The summed E-state index contributed by atoms with van der Waals surface area (Å²) in [6.07, 6.45) is 2.16. The zero-order valence-electron chi connectivity index (χ0n) is 23.4. The topological polar surface area (TPSA) is 43.4 Å². The second kappa shape index (κ2) is 15.8. The van der Waals surface area contributed by atoms with E-state index in [1.165, 1.54) is 5.56 Å². The van der Waals surface area contributed by atoms with Crippen LogP contribution in [0.5, 0.6) is 5.75 Å². The van der Waals surface area contributed by atoms with Crippen LogP contribution in [0.3, 0.4) is 0 Å². The number of benzene rings is 1. The molecule has 1 aliphatic rings. The molecule has 35 heavy (non-hydrogen) atoms. The van der Waals surface area contributed by atoms with Gasteiger partial charge in [-0.15, -0.1) is 0 Å². The average Bonchev–Trinajstić information content (AvgIpc) is 2.78. The molecule has 0 N–H and O–H groups in total. The first-order valence-corrected chi connectivity index (χ1v) is 13.5. The van der Waals surface area contributed by atoms with Gasteiger partial charge in [0.25, 0.3) is 0 Å². The third-order valence-corrected chi connectivity index (χ3v) is 6.09. The van der Waals surface area contributed by atoms with Crippen LogP contribution < -0.4 is 4.74 Å². The molecule has 6 heteroatoms. The number of rotatable bonds is 16. The lowest BCUT2D eigenvalue weighted by atomic mass is 9.88. The van der Waals surface area contributed by atoms with Gasteiger partial charge in [0, 0.05) is 45.9 Å². The summed E-state index contributed by atoms with van der Waals surface area (Å²) >= 11 is 0. The molecule has 0 aliphatic carbocycles. The van der Waals surface area contributed by atoms with Crippen molar-refractivity contribution in [2.75, 3.05) is 85.5 Å². The van der Waals surface area contributed by atoms with E-state index in [4.69, 9.17) is 18.9 Å². The summed E-state index contributed by atoms with van der Waals surface area (Å²) in [5, 5.41) is 0. The summed E-state index contributed by atoms with van der Waals surface area (Å²) in [5.74, 6) is 0.968. The summed E-state index contributed by atoms with van der Waals surface area (Å²) in [6.45, 7) is 24.7. The highest BCUT2D eigenvalue weighted by Gasteiger charge is 2.16. The minimum Gasteiger partial charge on any atom is -0.492 e. The van der Waals surface area contributed by atoms with Crippen molar-refractivity contribution >= 4 is 0 Å². The maximum atomic E-state index is 5.98. The highest BCUT2D eigenvalue weighted by Crippen LogP contribution is 2.22. The van der Waals surface area contributed by atoms with Gasteiger partial charge in [-0.25, -0.2) is 0 Å². The van der Waals surface area contributed by atoms with E-state index in [2.05, 4.69) is 75.6 Å². The van der Waals surface area contributed by atoms with Crippen molar-refractivity contribution in [2.45, 2.75) is 54.4 Å². The molecule has 0 aromatic heterocycles. The number of hydrogen-bond acceptors (Lipinski definition) is 6. The van der Waals surface area contributed by atoms with Gasteiger partial charge < -0.3 is 18.9 Å². The summed E-state index contributed by atoms with van der Waals surface area (Å²) in [6, 6.07) is 8.59. The van der Waals surface area contributed by atoms with Crippen molar-refractivity contribution in [1.29, 1.82) is 0 Å². The Hall–Kier alpha value is -1.18. The zero-order chi connectivity index (χ0) is 25.6. The molecule has 0 saturated carbocycles. The first-order chi connectivity index (χ1) is 16.6. The van der Waals surface area contributed by atoms with Gasteiger partial charge in [-0.2, -0.15) is 0 Å². The van der Waals surface area contributed by atoms with Gasteiger partial charge in [0.05, 0.1) is 33.0 Å². The van der Waals surface area contributed by atoms with Gasteiger partial charge in [0.1, 0.15) is 12.4 Å². The van der Waals surface area contributed by atoms with Crippen LogP contribution in [0, 0.1) is 10.8 Å². The average molecular weight is 493 g/mol. The molecule has 2 rings (SSSR count). The van der Waals surface area contributed by atoms with Crippen molar-refractivity contribution in [1.82, 2.24) is 9.80 Å². The molecule has 1 aromatic rings. The predicted octanol–water partition coefficient (Wildman–Crippen LogP) is 4.76. The molecule has 0 unspecified atom stereocenters. The minimum atomic E-state index is 0.312. The Morgan fingerprint density at radius 1 is 0.600 bits per heavy atom. The standard InChI is InChI=1S/C29H52N2O4/c1-28(2,3)11-18-32-21-23-34-24-22-33-19-16-30-12-14-31(15-13-30)17-20-35-27-9-7-26(8-10-27)25-29(4,5)6/h7-10H,11-25H2,1-6H3. The Labute approximate surface area is 215 Å². The van der Waals surface area contributed by atoms with Gasteiger partial charge in [-0.3, -0.25) is 9.80 Å². The number of hydrogen-bond donors (Lipinski definition) is 0. The molecule has 1 aromatic carbocycles.